The van der Waals surface area contributed by atoms with Gasteiger partial charge in [-0.25, -0.2) is 4.79 Å². The molecule has 1 heterocycles. The minimum atomic E-state index is -0.467. The summed E-state index contributed by atoms with van der Waals surface area (Å²) >= 11 is 0. The fraction of sp³-hybridized carbons (Fsp3) is 0.786. The van der Waals surface area contributed by atoms with Gasteiger partial charge in [-0.1, -0.05) is 0 Å². The lowest BCUT2D eigenvalue weighted by Crippen LogP contribution is -2.17. The standard InChI is InChI=1S/C14H24O5/c1-4-16-12(10-11-8-7-9-19-11)13(17-5-2)14(15)18-6-3/h11H,4-10H2,1-3H3. The fourth-order valence-corrected chi connectivity index (χ4v) is 2.00. The average molecular weight is 272 g/mol. The van der Waals surface area contributed by atoms with Gasteiger partial charge in [-0.2, -0.15) is 0 Å². The molecule has 5 nitrogen and oxygen atoms in total. The number of ether oxygens (including phenoxy) is 4. The number of hydrogen-bond acceptors (Lipinski definition) is 5. The number of rotatable bonds is 8. The molecule has 0 N–H and O–H groups in total. The molecule has 1 rings (SSSR count). The van der Waals surface area contributed by atoms with Crippen molar-refractivity contribution in [3.63, 3.8) is 0 Å². The maximum absolute atomic E-state index is 11.9. The Kier molecular flexibility index (Phi) is 7.33. The van der Waals surface area contributed by atoms with Crippen LogP contribution in [0.3, 0.4) is 0 Å². The van der Waals surface area contributed by atoms with Crippen molar-refractivity contribution in [1.82, 2.24) is 0 Å². The van der Waals surface area contributed by atoms with Crippen LogP contribution in [0.1, 0.15) is 40.0 Å². The van der Waals surface area contributed by atoms with Crippen LogP contribution >= 0.6 is 0 Å². The van der Waals surface area contributed by atoms with Crippen molar-refractivity contribution in [2.24, 2.45) is 0 Å². The third-order valence-corrected chi connectivity index (χ3v) is 2.76. The minimum Gasteiger partial charge on any atom is -0.494 e. The molecule has 1 atom stereocenters. The van der Waals surface area contributed by atoms with Crippen molar-refractivity contribution in [3.8, 4) is 0 Å². The molecular weight excluding hydrogens is 248 g/mol. The van der Waals surface area contributed by atoms with Gasteiger partial charge in [0.15, 0.2) is 0 Å². The molecule has 1 fully saturated rings. The summed E-state index contributed by atoms with van der Waals surface area (Å²) in [6.07, 6.45) is 2.69. The maximum Gasteiger partial charge on any atom is 0.377 e. The van der Waals surface area contributed by atoms with Crippen LogP contribution in [0.5, 0.6) is 0 Å². The molecule has 0 saturated carbocycles. The van der Waals surface area contributed by atoms with Crippen molar-refractivity contribution in [2.45, 2.75) is 46.1 Å². The quantitative estimate of drug-likeness (QED) is 0.386. The molecule has 1 unspecified atom stereocenters. The molecular formula is C14H24O5. The monoisotopic (exact) mass is 272 g/mol. The number of esters is 1. The van der Waals surface area contributed by atoms with Crippen LogP contribution in [0.2, 0.25) is 0 Å². The summed E-state index contributed by atoms with van der Waals surface area (Å²) in [4.78, 5) is 11.9. The first kappa shape index (κ1) is 15.8. The molecule has 5 heteroatoms. The van der Waals surface area contributed by atoms with Gasteiger partial charge in [-0.05, 0) is 33.6 Å². The summed E-state index contributed by atoms with van der Waals surface area (Å²) in [5, 5.41) is 0. The van der Waals surface area contributed by atoms with Crippen molar-refractivity contribution in [2.75, 3.05) is 26.4 Å². The van der Waals surface area contributed by atoms with E-state index >= 15 is 0 Å². The number of carbonyl (C=O) groups is 1. The normalized spacial score (nSPS) is 19.8. The lowest BCUT2D eigenvalue weighted by atomic mass is 10.1. The summed E-state index contributed by atoms with van der Waals surface area (Å²) < 4.78 is 21.5. The Morgan fingerprint density at radius 1 is 1.11 bits per heavy atom. The van der Waals surface area contributed by atoms with E-state index in [0.29, 0.717) is 32.0 Å². The Balaban J connectivity index is 2.83. The first-order valence-corrected chi connectivity index (χ1v) is 7.00. The van der Waals surface area contributed by atoms with Crippen molar-refractivity contribution in [1.29, 1.82) is 0 Å². The van der Waals surface area contributed by atoms with Gasteiger partial charge in [-0.3, -0.25) is 0 Å². The van der Waals surface area contributed by atoms with Crippen LogP contribution in [-0.4, -0.2) is 38.5 Å². The van der Waals surface area contributed by atoms with Crippen molar-refractivity contribution in [3.05, 3.63) is 11.5 Å². The molecule has 0 aromatic rings. The van der Waals surface area contributed by atoms with Crippen LogP contribution in [-0.2, 0) is 23.7 Å². The number of hydrogen-bond donors (Lipinski definition) is 0. The molecule has 1 saturated heterocycles. The third kappa shape index (κ3) is 5.11. The SMILES string of the molecule is CCOC(=O)C(OCC)=C(CC1CCCO1)OCC. The molecule has 110 valence electrons. The zero-order valence-corrected chi connectivity index (χ0v) is 12.1. The topological polar surface area (TPSA) is 54.0 Å². The van der Waals surface area contributed by atoms with E-state index in [4.69, 9.17) is 18.9 Å². The zero-order chi connectivity index (χ0) is 14.1. The van der Waals surface area contributed by atoms with Crippen LogP contribution in [0.4, 0.5) is 0 Å². The predicted octanol–water partition coefficient (Wildman–Crippen LogP) is 2.40. The van der Waals surface area contributed by atoms with E-state index in [-0.39, 0.29) is 11.9 Å². The molecule has 19 heavy (non-hydrogen) atoms. The fourth-order valence-electron chi connectivity index (χ4n) is 2.00. The van der Waals surface area contributed by atoms with Gasteiger partial charge in [0.2, 0.25) is 5.76 Å². The zero-order valence-electron chi connectivity index (χ0n) is 12.1. The van der Waals surface area contributed by atoms with Gasteiger partial charge in [0.25, 0.3) is 0 Å². The summed E-state index contributed by atoms with van der Waals surface area (Å²) in [6.45, 7) is 7.44. The summed E-state index contributed by atoms with van der Waals surface area (Å²) in [6, 6.07) is 0. The van der Waals surface area contributed by atoms with Gasteiger partial charge in [0.1, 0.15) is 5.76 Å². The van der Waals surface area contributed by atoms with E-state index in [1.165, 1.54) is 0 Å². The molecule has 0 aromatic carbocycles. The van der Waals surface area contributed by atoms with Gasteiger partial charge in [-0.15, -0.1) is 0 Å². The lowest BCUT2D eigenvalue weighted by Gasteiger charge is -2.17. The Bertz CT molecular complexity index is 305. The van der Waals surface area contributed by atoms with Crippen LogP contribution in [0.15, 0.2) is 11.5 Å². The van der Waals surface area contributed by atoms with Crippen LogP contribution < -0.4 is 0 Å². The first-order valence-electron chi connectivity index (χ1n) is 7.00. The third-order valence-electron chi connectivity index (χ3n) is 2.76. The molecule has 0 aliphatic carbocycles. The van der Waals surface area contributed by atoms with E-state index in [2.05, 4.69) is 0 Å². The van der Waals surface area contributed by atoms with Crippen molar-refractivity contribution < 1.29 is 23.7 Å². The molecule has 0 radical (unpaired) electrons. The highest BCUT2D eigenvalue weighted by Crippen LogP contribution is 2.23. The van der Waals surface area contributed by atoms with Gasteiger partial charge in [0, 0.05) is 13.0 Å². The van der Waals surface area contributed by atoms with Gasteiger partial charge in [0.05, 0.1) is 25.9 Å². The molecule has 1 aliphatic heterocycles. The minimum absolute atomic E-state index is 0.103. The molecule has 0 bridgehead atoms. The second-order valence-electron chi connectivity index (χ2n) is 4.18. The van der Waals surface area contributed by atoms with E-state index in [1.807, 2.05) is 13.8 Å². The Morgan fingerprint density at radius 3 is 2.32 bits per heavy atom. The largest absolute Gasteiger partial charge is 0.494 e. The lowest BCUT2D eigenvalue weighted by molar-refractivity contribution is -0.143. The Hall–Kier alpha value is -1.23. The summed E-state index contributed by atoms with van der Waals surface area (Å²) in [7, 11) is 0. The predicted molar refractivity (Wildman–Crippen MR) is 70.5 cm³/mol. The van der Waals surface area contributed by atoms with Crippen LogP contribution in [0, 0.1) is 0 Å². The Labute approximate surface area is 114 Å². The smallest absolute Gasteiger partial charge is 0.377 e. The van der Waals surface area contributed by atoms with E-state index in [0.717, 1.165) is 19.4 Å². The second-order valence-corrected chi connectivity index (χ2v) is 4.18. The average Bonchev–Trinajstić information content (AvgIpc) is 2.88. The maximum atomic E-state index is 11.9. The second kappa shape index (κ2) is 8.80. The van der Waals surface area contributed by atoms with Crippen molar-refractivity contribution >= 4 is 5.97 Å². The van der Waals surface area contributed by atoms with Gasteiger partial charge >= 0.3 is 5.97 Å². The van der Waals surface area contributed by atoms with Crippen LogP contribution in [0.25, 0.3) is 0 Å². The molecule has 0 aromatic heterocycles. The highest BCUT2D eigenvalue weighted by atomic mass is 16.6. The van der Waals surface area contributed by atoms with E-state index in [1.54, 1.807) is 6.92 Å². The highest BCUT2D eigenvalue weighted by Gasteiger charge is 2.25. The Morgan fingerprint density at radius 2 is 1.79 bits per heavy atom. The highest BCUT2D eigenvalue weighted by molar-refractivity contribution is 5.86. The summed E-state index contributed by atoms with van der Waals surface area (Å²) in [5.74, 6) is 0.252. The first-order chi connectivity index (χ1) is 9.22. The van der Waals surface area contributed by atoms with Gasteiger partial charge < -0.3 is 18.9 Å². The van der Waals surface area contributed by atoms with E-state index < -0.39 is 5.97 Å². The molecule has 0 spiro atoms. The number of carbonyl (C=O) groups excluding carboxylic acids is 1. The molecule has 1 aliphatic rings. The molecule has 0 amide bonds. The van der Waals surface area contributed by atoms with E-state index in [9.17, 15) is 4.79 Å². The summed E-state index contributed by atoms with van der Waals surface area (Å²) in [5.41, 5.74) is 0.